The summed E-state index contributed by atoms with van der Waals surface area (Å²) in [6.07, 6.45) is 2.03. The number of hydrogen-bond donors (Lipinski definition) is 0. The minimum atomic E-state index is -0.0436. The van der Waals surface area contributed by atoms with Crippen LogP contribution in [0.2, 0.25) is 5.02 Å². The van der Waals surface area contributed by atoms with Crippen LogP contribution in [-0.4, -0.2) is 23.2 Å². The van der Waals surface area contributed by atoms with E-state index in [1.54, 1.807) is 17.2 Å². The molecule has 0 saturated carbocycles. The van der Waals surface area contributed by atoms with E-state index >= 15 is 0 Å². The molecule has 0 saturated heterocycles. The number of thioether (sulfide) groups is 1. The number of para-hydroxylation sites is 1. The minimum Gasteiger partial charge on any atom is -0.311 e. The zero-order valence-electron chi connectivity index (χ0n) is 14.9. The van der Waals surface area contributed by atoms with Crippen molar-refractivity contribution in [2.75, 3.05) is 17.2 Å². The molecular weight excluding hydrogens is 378 g/mol. The summed E-state index contributed by atoms with van der Waals surface area (Å²) in [5.41, 5.74) is 2.57. The number of aromatic nitrogens is 1. The first-order valence-corrected chi connectivity index (χ1v) is 9.86. The molecule has 1 heterocycles. The van der Waals surface area contributed by atoms with Gasteiger partial charge in [0.25, 0.3) is 0 Å². The Balaban J connectivity index is 1.80. The highest BCUT2D eigenvalue weighted by molar-refractivity contribution is 8.00. The molecule has 3 rings (SSSR count). The van der Waals surface area contributed by atoms with Gasteiger partial charge in [-0.05, 0) is 42.8 Å². The summed E-state index contributed by atoms with van der Waals surface area (Å²) in [6, 6.07) is 17.4. The monoisotopic (exact) mass is 395 g/mol. The smallest absolute Gasteiger partial charge is 0.237 e. The predicted molar refractivity (Wildman–Crippen MR) is 111 cm³/mol. The van der Waals surface area contributed by atoms with Gasteiger partial charge in [-0.1, -0.05) is 29.8 Å². The lowest BCUT2D eigenvalue weighted by Crippen LogP contribution is -2.33. The highest BCUT2D eigenvalue weighted by Crippen LogP contribution is 2.28. The molecule has 3 aromatic rings. The lowest BCUT2D eigenvalue weighted by molar-refractivity contribution is -0.116. The Morgan fingerprint density at radius 1 is 1.26 bits per heavy atom. The van der Waals surface area contributed by atoms with Crippen LogP contribution in [0.3, 0.4) is 0 Å². The van der Waals surface area contributed by atoms with Gasteiger partial charge in [-0.25, -0.2) is 0 Å². The van der Waals surface area contributed by atoms with Crippen molar-refractivity contribution in [1.29, 1.82) is 5.26 Å². The number of hydrogen-bond acceptors (Lipinski definition) is 4. The summed E-state index contributed by atoms with van der Waals surface area (Å²) in [5.74, 6) is 0.235. The zero-order chi connectivity index (χ0) is 19.2. The molecule has 27 heavy (non-hydrogen) atoms. The van der Waals surface area contributed by atoms with Crippen molar-refractivity contribution in [3.05, 3.63) is 65.3 Å². The topological polar surface area (TPSA) is 57.0 Å². The van der Waals surface area contributed by atoms with Crippen molar-refractivity contribution < 1.29 is 4.79 Å². The van der Waals surface area contributed by atoms with Crippen molar-refractivity contribution in [2.24, 2.45) is 0 Å². The Morgan fingerprint density at radius 3 is 2.85 bits per heavy atom. The number of benzene rings is 2. The molecule has 0 aliphatic rings. The first kappa shape index (κ1) is 19.2. The molecule has 0 atom stereocenters. The van der Waals surface area contributed by atoms with E-state index in [0.29, 0.717) is 11.6 Å². The Kier molecular flexibility index (Phi) is 6.33. The van der Waals surface area contributed by atoms with Crippen molar-refractivity contribution in [3.8, 4) is 6.07 Å². The van der Waals surface area contributed by atoms with Crippen molar-refractivity contribution >= 4 is 45.9 Å². The minimum absolute atomic E-state index is 0.0436. The molecule has 0 fully saturated rings. The summed E-state index contributed by atoms with van der Waals surface area (Å²) in [6.45, 7) is 2.25. The number of anilines is 1. The van der Waals surface area contributed by atoms with E-state index in [1.165, 1.54) is 11.8 Å². The molecule has 6 heteroatoms. The maximum absolute atomic E-state index is 12.9. The average Bonchev–Trinajstić information content (AvgIpc) is 2.69. The van der Waals surface area contributed by atoms with Crippen LogP contribution in [-0.2, 0) is 4.79 Å². The predicted octanol–water partition coefficient (Wildman–Crippen LogP) is 5.24. The summed E-state index contributed by atoms with van der Waals surface area (Å²) in [5, 5.41) is 10.6. The standard InChI is InChI=1S/C21H18ClN3OS/c1-15-13-16(7-8-18(15)22)25(12-4-10-23)21(26)14-27-20-9-11-24-19-6-3-2-5-17(19)20/h2-3,5-9,11,13H,4,12,14H2,1H3. The van der Waals surface area contributed by atoms with Gasteiger partial charge in [-0.2, -0.15) is 5.26 Å². The lowest BCUT2D eigenvalue weighted by Gasteiger charge is -2.22. The molecule has 0 N–H and O–H groups in total. The van der Waals surface area contributed by atoms with E-state index in [1.807, 2.05) is 49.4 Å². The first-order valence-electron chi connectivity index (χ1n) is 8.50. The number of nitriles is 1. The molecule has 0 aliphatic heterocycles. The SMILES string of the molecule is Cc1cc(N(CCC#N)C(=O)CSc2ccnc3ccccc23)ccc1Cl. The van der Waals surface area contributed by atoms with Gasteiger partial charge in [0.1, 0.15) is 0 Å². The number of carbonyl (C=O) groups is 1. The van der Waals surface area contributed by atoms with Gasteiger partial charge in [0.15, 0.2) is 0 Å². The van der Waals surface area contributed by atoms with Gasteiger partial charge >= 0.3 is 0 Å². The summed E-state index contributed by atoms with van der Waals surface area (Å²) >= 11 is 7.58. The second kappa shape index (κ2) is 8.90. The summed E-state index contributed by atoms with van der Waals surface area (Å²) < 4.78 is 0. The van der Waals surface area contributed by atoms with Crippen LogP contribution < -0.4 is 4.90 Å². The summed E-state index contributed by atoms with van der Waals surface area (Å²) in [7, 11) is 0. The van der Waals surface area contributed by atoms with Crippen LogP contribution in [0.5, 0.6) is 0 Å². The zero-order valence-corrected chi connectivity index (χ0v) is 16.4. The third kappa shape index (κ3) is 4.60. The molecule has 0 bridgehead atoms. The van der Waals surface area contributed by atoms with E-state index in [0.717, 1.165) is 27.0 Å². The van der Waals surface area contributed by atoms with Crippen LogP contribution in [0.15, 0.2) is 59.6 Å². The number of nitrogens with zero attached hydrogens (tertiary/aromatic N) is 3. The van der Waals surface area contributed by atoms with E-state index in [9.17, 15) is 4.79 Å². The molecular formula is C21H18ClN3OS. The second-order valence-electron chi connectivity index (χ2n) is 6.00. The number of rotatable bonds is 6. The molecule has 0 aliphatic carbocycles. The second-order valence-corrected chi connectivity index (χ2v) is 7.43. The molecule has 0 radical (unpaired) electrons. The number of halogens is 1. The molecule has 0 spiro atoms. The van der Waals surface area contributed by atoms with Crippen LogP contribution in [0.25, 0.3) is 10.9 Å². The fourth-order valence-electron chi connectivity index (χ4n) is 2.77. The van der Waals surface area contributed by atoms with Crippen LogP contribution in [0.1, 0.15) is 12.0 Å². The van der Waals surface area contributed by atoms with E-state index in [-0.39, 0.29) is 18.1 Å². The maximum Gasteiger partial charge on any atom is 0.237 e. The lowest BCUT2D eigenvalue weighted by atomic mass is 10.2. The number of fused-ring (bicyclic) bond motifs is 1. The molecule has 0 unspecified atom stereocenters. The van der Waals surface area contributed by atoms with Crippen molar-refractivity contribution in [3.63, 3.8) is 0 Å². The highest BCUT2D eigenvalue weighted by Gasteiger charge is 2.17. The van der Waals surface area contributed by atoms with E-state index in [4.69, 9.17) is 16.9 Å². The number of pyridine rings is 1. The Bertz CT molecular complexity index is 1010. The van der Waals surface area contributed by atoms with Gasteiger partial charge in [0, 0.05) is 33.7 Å². The number of aryl methyl sites for hydroxylation is 1. The highest BCUT2D eigenvalue weighted by atomic mass is 35.5. The first-order chi connectivity index (χ1) is 13.1. The third-order valence-electron chi connectivity index (χ3n) is 4.16. The summed E-state index contributed by atoms with van der Waals surface area (Å²) in [4.78, 5) is 19.9. The van der Waals surface area contributed by atoms with Gasteiger partial charge in [-0.15, -0.1) is 11.8 Å². The average molecular weight is 396 g/mol. The molecule has 136 valence electrons. The third-order valence-corrected chi connectivity index (χ3v) is 5.64. The largest absolute Gasteiger partial charge is 0.311 e. The Hall–Kier alpha value is -2.55. The normalized spacial score (nSPS) is 10.6. The molecule has 1 amide bonds. The quantitative estimate of drug-likeness (QED) is 0.536. The fourth-order valence-corrected chi connectivity index (χ4v) is 3.81. The molecule has 1 aromatic heterocycles. The van der Waals surface area contributed by atoms with Crippen LogP contribution in [0.4, 0.5) is 5.69 Å². The van der Waals surface area contributed by atoms with Gasteiger partial charge in [0.05, 0.1) is 23.8 Å². The van der Waals surface area contributed by atoms with E-state index in [2.05, 4.69) is 11.1 Å². The van der Waals surface area contributed by atoms with Crippen LogP contribution >= 0.6 is 23.4 Å². The van der Waals surface area contributed by atoms with Gasteiger partial charge in [-0.3, -0.25) is 9.78 Å². The van der Waals surface area contributed by atoms with Crippen molar-refractivity contribution in [2.45, 2.75) is 18.2 Å². The Labute approximate surface area is 167 Å². The molecule has 4 nitrogen and oxygen atoms in total. The van der Waals surface area contributed by atoms with Gasteiger partial charge in [0.2, 0.25) is 5.91 Å². The maximum atomic E-state index is 12.9. The van der Waals surface area contributed by atoms with E-state index < -0.39 is 0 Å². The molecule has 2 aromatic carbocycles. The Morgan fingerprint density at radius 2 is 2.07 bits per heavy atom. The number of amides is 1. The van der Waals surface area contributed by atoms with Gasteiger partial charge < -0.3 is 4.90 Å². The number of carbonyl (C=O) groups excluding carboxylic acids is 1. The van der Waals surface area contributed by atoms with Crippen LogP contribution in [0, 0.1) is 18.3 Å². The van der Waals surface area contributed by atoms with Crippen molar-refractivity contribution in [1.82, 2.24) is 4.98 Å². The fraction of sp³-hybridized carbons (Fsp3) is 0.190.